The molecule has 0 saturated carbocycles. The van der Waals surface area contributed by atoms with E-state index in [2.05, 4.69) is 96.1 Å². The van der Waals surface area contributed by atoms with Crippen LogP contribution < -0.4 is 4.90 Å². The number of nitrogens with zero attached hydrogens (tertiary/aromatic N) is 1. The van der Waals surface area contributed by atoms with Gasteiger partial charge in [0.1, 0.15) is 0 Å². The third kappa shape index (κ3) is 4.07. The number of halogens is 3. The molecular weight excluding hydrogens is 434 g/mol. The van der Waals surface area contributed by atoms with Crippen molar-refractivity contribution < 1.29 is 0 Å². The highest BCUT2D eigenvalue weighted by molar-refractivity contribution is 9.11. The van der Waals surface area contributed by atoms with Crippen molar-refractivity contribution in [1.29, 1.82) is 0 Å². The normalized spacial score (nSPS) is 10.5. The van der Waals surface area contributed by atoms with Crippen LogP contribution in [0.15, 0.2) is 51.4 Å². The summed E-state index contributed by atoms with van der Waals surface area (Å²) in [6, 6.07) is 14.9. The third-order valence-electron chi connectivity index (χ3n) is 2.93. The Balaban J connectivity index is 2.15. The molecule has 1 nitrogen and oxygen atoms in total. The lowest BCUT2D eigenvalue weighted by atomic mass is 10.2. The molecule has 0 aliphatic rings. The Bertz CT molecular complexity index is 569. The first-order valence-corrected chi connectivity index (χ1v) is 8.61. The van der Waals surface area contributed by atoms with Crippen molar-refractivity contribution in [3.8, 4) is 0 Å². The van der Waals surface area contributed by atoms with E-state index in [-0.39, 0.29) is 0 Å². The molecule has 0 radical (unpaired) electrons. The first-order chi connectivity index (χ1) is 9.10. The minimum Gasteiger partial charge on any atom is -0.370 e. The largest absolute Gasteiger partial charge is 0.370 e. The van der Waals surface area contributed by atoms with Gasteiger partial charge in [0.2, 0.25) is 0 Å². The summed E-state index contributed by atoms with van der Waals surface area (Å²) in [4.78, 5) is 2.24. The lowest BCUT2D eigenvalue weighted by Gasteiger charge is -2.20. The molecular formula is C15H14Br3N. The summed E-state index contributed by atoms with van der Waals surface area (Å²) in [6.07, 6.45) is 0. The van der Waals surface area contributed by atoms with Gasteiger partial charge in [-0.1, -0.05) is 66.0 Å². The van der Waals surface area contributed by atoms with Crippen molar-refractivity contribution in [1.82, 2.24) is 0 Å². The molecule has 2 rings (SSSR count). The Morgan fingerprint density at radius 1 is 1.05 bits per heavy atom. The van der Waals surface area contributed by atoms with E-state index >= 15 is 0 Å². The summed E-state index contributed by atoms with van der Waals surface area (Å²) in [7, 11) is 2.11. The summed E-state index contributed by atoms with van der Waals surface area (Å²) < 4.78 is 2.26. The van der Waals surface area contributed by atoms with Gasteiger partial charge in [0, 0.05) is 33.6 Å². The fourth-order valence-corrected chi connectivity index (χ4v) is 3.70. The fraction of sp³-hybridized carbons (Fsp3) is 0.200. The van der Waals surface area contributed by atoms with Crippen molar-refractivity contribution in [3.05, 3.63) is 62.5 Å². The van der Waals surface area contributed by atoms with Gasteiger partial charge in [-0.2, -0.15) is 0 Å². The van der Waals surface area contributed by atoms with Gasteiger partial charge in [-0.15, -0.1) is 0 Å². The minimum atomic E-state index is 0.864. The highest BCUT2D eigenvalue weighted by atomic mass is 79.9. The van der Waals surface area contributed by atoms with Gasteiger partial charge in [-0.05, 0) is 35.4 Å². The summed E-state index contributed by atoms with van der Waals surface area (Å²) >= 11 is 10.6. The molecule has 0 aliphatic heterocycles. The molecule has 0 aliphatic carbocycles. The van der Waals surface area contributed by atoms with Crippen molar-refractivity contribution in [3.63, 3.8) is 0 Å². The van der Waals surface area contributed by atoms with Crippen LogP contribution in [0.4, 0.5) is 5.69 Å². The molecule has 0 bridgehead atoms. The molecule has 2 aromatic carbocycles. The maximum atomic E-state index is 3.61. The Kier molecular flexibility index (Phi) is 5.48. The second kappa shape index (κ2) is 6.91. The van der Waals surface area contributed by atoms with E-state index in [1.165, 1.54) is 16.8 Å². The molecule has 0 saturated heterocycles. The number of hydrogen-bond donors (Lipinski definition) is 0. The Morgan fingerprint density at radius 3 is 2.47 bits per heavy atom. The summed E-state index contributed by atoms with van der Waals surface area (Å²) in [5.41, 5.74) is 3.76. The predicted molar refractivity (Wildman–Crippen MR) is 93.0 cm³/mol. The smallest absolute Gasteiger partial charge is 0.0426 e. The van der Waals surface area contributed by atoms with Crippen LogP contribution in [0.3, 0.4) is 0 Å². The van der Waals surface area contributed by atoms with Crippen LogP contribution in [0.2, 0.25) is 0 Å². The van der Waals surface area contributed by atoms with Crippen molar-refractivity contribution in [2.24, 2.45) is 0 Å². The molecule has 0 fully saturated rings. The van der Waals surface area contributed by atoms with Crippen LogP contribution in [-0.2, 0) is 11.9 Å². The lowest BCUT2D eigenvalue weighted by Crippen LogP contribution is -2.16. The fourth-order valence-electron chi connectivity index (χ4n) is 1.88. The molecule has 2 aromatic rings. The molecule has 4 heteroatoms. The molecule has 0 amide bonds. The maximum absolute atomic E-state index is 3.61. The molecule has 0 heterocycles. The molecule has 0 spiro atoms. The maximum Gasteiger partial charge on any atom is 0.0426 e. The zero-order chi connectivity index (χ0) is 13.8. The Hall–Kier alpha value is -0.320. The van der Waals surface area contributed by atoms with Crippen LogP contribution in [0, 0.1) is 0 Å². The van der Waals surface area contributed by atoms with Crippen molar-refractivity contribution in [2.75, 3.05) is 11.9 Å². The summed E-state index contributed by atoms with van der Waals surface area (Å²) in [5, 5.41) is 0.864. The number of anilines is 1. The van der Waals surface area contributed by atoms with Gasteiger partial charge in [0.05, 0.1) is 0 Å². The van der Waals surface area contributed by atoms with E-state index in [1.54, 1.807) is 0 Å². The predicted octanol–water partition coefficient (Wildman–Crippen LogP) is 5.74. The standard InChI is InChI=1S/C15H14Br3N/c1-19(10-11-3-2-4-13(17)7-11)14-6-5-12(9-16)15(18)8-14/h2-8H,9-10H2,1H3. The quantitative estimate of drug-likeness (QED) is 0.540. The highest BCUT2D eigenvalue weighted by Gasteiger charge is 2.05. The summed E-state index contributed by atoms with van der Waals surface area (Å²) in [6.45, 7) is 0.888. The first kappa shape index (κ1) is 15.1. The first-order valence-electron chi connectivity index (χ1n) is 5.90. The van der Waals surface area contributed by atoms with E-state index in [4.69, 9.17) is 0 Å². The van der Waals surface area contributed by atoms with Gasteiger partial charge in [0.25, 0.3) is 0 Å². The Morgan fingerprint density at radius 2 is 1.84 bits per heavy atom. The van der Waals surface area contributed by atoms with Crippen LogP contribution in [-0.4, -0.2) is 7.05 Å². The zero-order valence-corrected chi connectivity index (χ0v) is 15.3. The van der Waals surface area contributed by atoms with Gasteiger partial charge in [0.15, 0.2) is 0 Å². The van der Waals surface area contributed by atoms with Gasteiger partial charge in [-0.3, -0.25) is 0 Å². The van der Waals surface area contributed by atoms with E-state index in [9.17, 15) is 0 Å². The number of rotatable bonds is 4. The second-order valence-electron chi connectivity index (χ2n) is 4.40. The van der Waals surface area contributed by atoms with Crippen LogP contribution in [0.5, 0.6) is 0 Å². The van der Waals surface area contributed by atoms with Gasteiger partial charge < -0.3 is 4.90 Å². The van der Waals surface area contributed by atoms with Crippen LogP contribution in [0.1, 0.15) is 11.1 Å². The monoisotopic (exact) mass is 445 g/mol. The van der Waals surface area contributed by atoms with Gasteiger partial charge in [-0.25, -0.2) is 0 Å². The molecule has 19 heavy (non-hydrogen) atoms. The lowest BCUT2D eigenvalue weighted by molar-refractivity contribution is 0.921. The van der Waals surface area contributed by atoms with E-state index in [0.717, 1.165) is 20.8 Å². The number of alkyl halides is 1. The molecule has 0 atom stereocenters. The molecule has 100 valence electrons. The highest BCUT2D eigenvalue weighted by Crippen LogP contribution is 2.26. The van der Waals surface area contributed by atoms with Crippen LogP contribution in [0.25, 0.3) is 0 Å². The number of hydrogen-bond acceptors (Lipinski definition) is 1. The SMILES string of the molecule is CN(Cc1cccc(Br)c1)c1ccc(CBr)c(Br)c1. The minimum absolute atomic E-state index is 0.864. The second-order valence-corrected chi connectivity index (χ2v) is 6.73. The average molecular weight is 448 g/mol. The molecule has 0 N–H and O–H groups in total. The average Bonchev–Trinajstić information content (AvgIpc) is 2.38. The van der Waals surface area contributed by atoms with E-state index in [1.807, 2.05) is 6.07 Å². The molecule has 0 aromatic heterocycles. The van der Waals surface area contributed by atoms with Crippen LogP contribution >= 0.6 is 47.8 Å². The topological polar surface area (TPSA) is 3.24 Å². The number of benzene rings is 2. The van der Waals surface area contributed by atoms with Crippen molar-refractivity contribution in [2.45, 2.75) is 11.9 Å². The van der Waals surface area contributed by atoms with Gasteiger partial charge >= 0.3 is 0 Å². The van der Waals surface area contributed by atoms with E-state index in [0.29, 0.717) is 0 Å². The summed E-state index contributed by atoms with van der Waals surface area (Å²) in [5.74, 6) is 0. The van der Waals surface area contributed by atoms with Crippen molar-refractivity contribution >= 4 is 53.5 Å². The van der Waals surface area contributed by atoms with E-state index < -0.39 is 0 Å². The Labute approximate surface area is 139 Å². The zero-order valence-electron chi connectivity index (χ0n) is 10.5. The molecule has 0 unspecified atom stereocenters. The third-order valence-corrected chi connectivity index (χ3v) is 4.77.